The van der Waals surface area contributed by atoms with Gasteiger partial charge in [-0.15, -0.1) is 10.2 Å². The Morgan fingerprint density at radius 1 is 0.914 bits per heavy atom. The van der Waals surface area contributed by atoms with Gasteiger partial charge in [0.25, 0.3) is 0 Å². The summed E-state index contributed by atoms with van der Waals surface area (Å²) in [7, 11) is 0. The van der Waals surface area contributed by atoms with E-state index < -0.39 is 0 Å². The Labute approximate surface area is 212 Å². The first-order valence-corrected chi connectivity index (χ1v) is 14.1. The molecule has 7 rings (SSSR count). The SMILES string of the molecule is CC(C)(C)c1ccc(-c2nnc(SCC(=O)C34CC5CC(CC(C5)C3)C4)n2-c2ccccc2)cc1. The van der Waals surface area contributed by atoms with Crippen LogP contribution in [-0.2, 0) is 10.2 Å². The van der Waals surface area contributed by atoms with Crippen molar-refractivity contribution in [3.05, 3.63) is 60.2 Å². The van der Waals surface area contributed by atoms with E-state index in [9.17, 15) is 4.79 Å². The minimum atomic E-state index is -0.0645. The number of hydrogen-bond acceptors (Lipinski definition) is 4. The minimum Gasteiger partial charge on any atom is -0.298 e. The number of ketones is 1. The summed E-state index contributed by atoms with van der Waals surface area (Å²) in [6.45, 7) is 6.68. The molecule has 4 saturated carbocycles. The molecular weight excluding hydrogens is 450 g/mol. The minimum absolute atomic E-state index is 0.0645. The van der Waals surface area contributed by atoms with E-state index >= 15 is 0 Å². The van der Waals surface area contributed by atoms with Gasteiger partial charge in [-0.2, -0.15) is 0 Å². The van der Waals surface area contributed by atoms with Gasteiger partial charge in [-0.3, -0.25) is 9.36 Å². The molecule has 0 aliphatic heterocycles. The number of hydrogen-bond donors (Lipinski definition) is 0. The smallest absolute Gasteiger partial charge is 0.196 e. The van der Waals surface area contributed by atoms with Crippen molar-refractivity contribution >= 4 is 17.5 Å². The zero-order valence-corrected chi connectivity index (χ0v) is 21.9. The summed E-state index contributed by atoms with van der Waals surface area (Å²) in [6.07, 6.45) is 7.44. The molecule has 0 amide bonds. The fourth-order valence-corrected chi connectivity index (χ4v) is 8.20. The monoisotopic (exact) mass is 485 g/mol. The number of thioether (sulfide) groups is 1. The van der Waals surface area contributed by atoms with Gasteiger partial charge < -0.3 is 0 Å². The molecule has 35 heavy (non-hydrogen) atoms. The molecule has 4 aliphatic carbocycles. The highest BCUT2D eigenvalue weighted by molar-refractivity contribution is 7.99. The molecule has 1 heterocycles. The van der Waals surface area contributed by atoms with Crippen molar-refractivity contribution in [1.29, 1.82) is 0 Å². The van der Waals surface area contributed by atoms with Gasteiger partial charge in [0.05, 0.1) is 5.75 Å². The summed E-state index contributed by atoms with van der Waals surface area (Å²) in [6, 6.07) is 18.9. The molecule has 0 N–H and O–H groups in total. The molecule has 1 aromatic heterocycles. The highest BCUT2D eigenvalue weighted by atomic mass is 32.2. The van der Waals surface area contributed by atoms with E-state index in [4.69, 9.17) is 0 Å². The second-order valence-electron chi connectivity index (χ2n) is 12.2. The normalized spacial score (nSPS) is 27.3. The lowest BCUT2D eigenvalue weighted by molar-refractivity contribution is -0.141. The van der Waals surface area contributed by atoms with E-state index in [1.54, 1.807) is 11.8 Å². The summed E-state index contributed by atoms with van der Waals surface area (Å²) < 4.78 is 2.11. The predicted octanol–water partition coefficient (Wildman–Crippen LogP) is 7.11. The Bertz CT molecular complexity index is 1190. The van der Waals surface area contributed by atoms with Crippen LogP contribution in [0.25, 0.3) is 17.1 Å². The third kappa shape index (κ3) is 4.26. The molecule has 0 saturated heterocycles. The second kappa shape index (κ2) is 8.62. The lowest BCUT2D eigenvalue weighted by Crippen LogP contribution is -2.50. The van der Waals surface area contributed by atoms with E-state index in [-0.39, 0.29) is 10.8 Å². The number of carbonyl (C=O) groups excluding carboxylic acids is 1. The molecule has 0 radical (unpaired) electrons. The van der Waals surface area contributed by atoms with Crippen molar-refractivity contribution in [2.24, 2.45) is 23.2 Å². The molecule has 4 fully saturated rings. The third-order valence-electron chi connectivity index (χ3n) is 8.62. The maximum absolute atomic E-state index is 13.6. The van der Waals surface area contributed by atoms with Crippen LogP contribution in [0.4, 0.5) is 0 Å². The van der Waals surface area contributed by atoms with Crippen LogP contribution < -0.4 is 0 Å². The first-order valence-electron chi connectivity index (χ1n) is 13.1. The van der Waals surface area contributed by atoms with Crippen LogP contribution in [0.2, 0.25) is 0 Å². The molecule has 0 spiro atoms. The van der Waals surface area contributed by atoms with Gasteiger partial charge in [0, 0.05) is 16.7 Å². The standard InChI is InChI=1S/C30H35N3OS/c1-29(2,3)24-11-9-23(10-12-24)27-31-32-28(33(27)25-7-5-4-6-8-25)35-19-26(34)30-16-20-13-21(17-30)15-22(14-20)18-30/h4-12,20-22H,13-19H2,1-3H3. The van der Waals surface area contributed by atoms with Crippen molar-refractivity contribution in [1.82, 2.24) is 14.8 Å². The molecule has 0 unspecified atom stereocenters. The molecule has 0 atom stereocenters. The van der Waals surface area contributed by atoms with Gasteiger partial charge >= 0.3 is 0 Å². The van der Waals surface area contributed by atoms with Gasteiger partial charge in [-0.25, -0.2) is 0 Å². The van der Waals surface area contributed by atoms with Crippen LogP contribution >= 0.6 is 11.8 Å². The van der Waals surface area contributed by atoms with Gasteiger partial charge in [0.1, 0.15) is 5.78 Å². The highest BCUT2D eigenvalue weighted by Crippen LogP contribution is 2.60. The largest absolute Gasteiger partial charge is 0.298 e. The first-order chi connectivity index (χ1) is 16.8. The zero-order valence-electron chi connectivity index (χ0n) is 21.0. The molecule has 182 valence electrons. The highest BCUT2D eigenvalue weighted by Gasteiger charge is 2.54. The van der Waals surface area contributed by atoms with Crippen LogP contribution in [0, 0.1) is 23.2 Å². The summed E-state index contributed by atoms with van der Waals surface area (Å²) in [5, 5.41) is 9.98. The molecular formula is C30H35N3OS. The van der Waals surface area contributed by atoms with Gasteiger partial charge in [0.15, 0.2) is 11.0 Å². The number of aromatic nitrogens is 3. The lowest BCUT2D eigenvalue weighted by atomic mass is 9.48. The molecule has 2 aromatic carbocycles. The Morgan fingerprint density at radius 2 is 1.51 bits per heavy atom. The summed E-state index contributed by atoms with van der Waals surface area (Å²) in [4.78, 5) is 13.6. The quantitative estimate of drug-likeness (QED) is 0.349. The number of para-hydroxylation sites is 1. The van der Waals surface area contributed by atoms with Gasteiger partial charge in [-0.1, -0.05) is 75.0 Å². The van der Waals surface area contributed by atoms with Crippen molar-refractivity contribution in [2.75, 3.05) is 5.75 Å². The van der Waals surface area contributed by atoms with Crippen molar-refractivity contribution in [2.45, 2.75) is 69.9 Å². The maximum Gasteiger partial charge on any atom is 0.196 e. The van der Waals surface area contributed by atoms with Gasteiger partial charge in [0.2, 0.25) is 0 Å². The van der Waals surface area contributed by atoms with E-state index in [1.165, 1.54) is 24.8 Å². The topological polar surface area (TPSA) is 47.8 Å². The lowest BCUT2D eigenvalue weighted by Gasteiger charge is -2.56. The van der Waals surface area contributed by atoms with Crippen LogP contribution in [0.5, 0.6) is 0 Å². The Balaban J connectivity index is 1.28. The number of nitrogens with zero attached hydrogens (tertiary/aromatic N) is 3. The summed E-state index contributed by atoms with van der Waals surface area (Å²) in [5.41, 5.74) is 3.39. The molecule has 5 heteroatoms. The van der Waals surface area contributed by atoms with E-state index in [0.717, 1.165) is 59.2 Å². The number of rotatable bonds is 6. The van der Waals surface area contributed by atoms with E-state index in [1.807, 2.05) is 18.2 Å². The Morgan fingerprint density at radius 3 is 2.09 bits per heavy atom. The molecule has 4 aliphatic rings. The van der Waals surface area contributed by atoms with E-state index in [0.29, 0.717) is 11.5 Å². The predicted molar refractivity (Wildman–Crippen MR) is 142 cm³/mol. The fourth-order valence-electron chi connectivity index (χ4n) is 7.21. The second-order valence-corrected chi connectivity index (χ2v) is 13.2. The van der Waals surface area contributed by atoms with Crippen LogP contribution in [0.3, 0.4) is 0 Å². The molecule has 4 bridgehead atoms. The molecule has 4 nitrogen and oxygen atoms in total. The van der Waals surface area contributed by atoms with Crippen LogP contribution in [-0.4, -0.2) is 26.3 Å². The average molecular weight is 486 g/mol. The van der Waals surface area contributed by atoms with Gasteiger partial charge in [-0.05, 0) is 79.4 Å². The van der Waals surface area contributed by atoms with Crippen LogP contribution in [0.1, 0.15) is 64.9 Å². The summed E-state index contributed by atoms with van der Waals surface area (Å²) in [5.74, 6) is 4.10. The fraction of sp³-hybridized carbons (Fsp3) is 0.500. The van der Waals surface area contributed by atoms with Crippen molar-refractivity contribution < 1.29 is 4.79 Å². The van der Waals surface area contributed by atoms with E-state index in [2.05, 4.69) is 71.9 Å². The third-order valence-corrected chi connectivity index (χ3v) is 9.55. The number of carbonyl (C=O) groups is 1. The van der Waals surface area contributed by atoms with Crippen LogP contribution in [0.15, 0.2) is 59.8 Å². The number of benzene rings is 2. The van der Waals surface area contributed by atoms with Crippen molar-refractivity contribution in [3.8, 4) is 17.1 Å². The Hall–Kier alpha value is -2.40. The molecule has 3 aromatic rings. The zero-order chi connectivity index (χ0) is 24.2. The summed E-state index contributed by atoms with van der Waals surface area (Å²) >= 11 is 1.56. The first kappa shape index (κ1) is 23.0. The Kier molecular flexibility index (Phi) is 5.67. The number of Topliss-reactive ketones (excluding diaryl/α,β-unsaturated/α-hetero) is 1. The van der Waals surface area contributed by atoms with Crippen molar-refractivity contribution in [3.63, 3.8) is 0 Å². The maximum atomic E-state index is 13.6. The average Bonchev–Trinajstić information content (AvgIpc) is 3.26.